The molecule has 0 amide bonds. The van der Waals surface area contributed by atoms with Crippen LogP contribution in [0, 0.1) is 10.1 Å². The molecule has 0 saturated heterocycles. The quantitative estimate of drug-likeness (QED) is 0.225. The number of ether oxygens (including phenoxy) is 1. The number of esters is 1. The van der Waals surface area contributed by atoms with Crippen LogP contribution in [0.2, 0.25) is 0 Å². The van der Waals surface area contributed by atoms with Gasteiger partial charge in [-0.25, -0.2) is 4.79 Å². The van der Waals surface area contributed by atoms with E-state index in [0.29, 0.717) is 17.0 Å². The van der Waals surface area contributed by atoms with E-state index in [1.54, 1.807) is 18.2 Å². The van der Waals surface area contributed by atoms with Crippen molar-refractivity contribution in [2.45, 2.75) is 26.2 Å². The van der Waals surface area contributed by atoms with Crippen LogP contribution in [0.1, 0.15) is 47.7 Å². The predicted octanol–water partition coefficient (Wildman–Crippen LogP) is 4.55. The van der Waals surface area contributed by atoms with Crippen LogP contribution in [-0.4, -0.2) is 23.3 Å². The summed E-state index contributed by atoms with van der Waals surface area (Å²) in [6.07, 6.45) is 3.56. The maximum absolute atomic E-state index is 12.1. The number of non-ortho nitro benzene ring substituents is 1. The van der Waals surface area contributed by atoms with Crippen LogP contribution in [0.5, 0.6) is 0 Å². The molecule has 2 aromatic rings. The van der Waals surface area contributed by atoms with Gasteiger partial charge in [0, 0.05) is 23.8 Å². The van der Waals surface area contributed by atoms with Gasteiger partial charge in [0.05, 0.1) is 4.92 Å². The van der Waals surface area contributed by atoms with Crippen LogP contribution in [0.3, 0.4) is 0 Å². The lowest BCUT2D eigenvalue weighted by Gasteiger charge is -2.09. The summed E-state index contributed by atoms with van der Waals surface area (Å²) in [6, 6.07) is 13.1. The Balaban J connectivity index is 1.90. The number of hydrogen-bond donors (Lipinski definition) is 0. The van der Waals surface area contributed by atoms with Gasteiger partial charge in [-0.3, -0.25) is 14.9 Å². The zero-order valence-corrected chi connectivity index (χ0v) is 15.3. The molecule has 0 N–H and O–H groups in total. The van der Waals surface area contributed by atoms with E-state index < -0.39 is 10.9 Å². The van der Waals surface area contributed by atoms with E-state index in [9.17, 15) is 19.7 Å². The van der Waals surface area contributed by atoms with Gasteiger partial charge in [-0.1, -0.05) is 50.2 Å². The highest BCUT2D eigenvalue weighted by molar-refractivity contribution is 5.98. The van der Waals surface area contributed by atoms with Crippen molar-refractivity contribution in [2.24, 2.45) is 0 Å². The lowest BCUT2D eigenvalue weighted by Crippen LogP contribution is -2.12. The first kappa shape index (κ1) is 20.0. The van der Waals surface area contributed by atoms with Crippen molar-refractivity contribution in [3.8, 4) is 0 Å². The second-order valence-corrected chi connectivity index (χ2v) is 6.15. The number of nitro benzene ring substituents is 1. The van der Waals surface area contributed by atoms with Crippen molar-refractivity contribution >= 4 is 23.5 Å². The molecular weight excluding hydrogens is 346 g/mol. The lowest BCUT2D eigenvalue weighted by molar-refractivity contribution is -0.384. The van der Waals surface area contributed by atoms with Gasteiger partial charge in [0.15, 0.2) is 12.4 Å². The first-order valence-corrected chi connectivity index (χ1v) is 8.63. The Morgan fingerprint density at radius 1 is 1.19 bits per heavy atom. The van der Waals surface area contributed by atoms with Crippen LogP contribution in [0.25, 0.3) is 6.08 Å². The molecule has 0 radical (unpaired) electrons. The molecule has 0 bridgehead atoms. The Kier molecular flexibility index (Phi) is 7.00. The number of carbonyl (C=O) groups excluding carboxylic acids is 2. The monoisotopic (exact) mass is 367 g/mol. The minimum absolute atomic E-state index is 0.0680. The van der Waals surface area contributed by atoms with Crippen molar-refractivity contribution in [1.82, 2.24) is 0 Å². The summed E-state index contributed by atoms with van der Waals surface area (Å²) in [7, 11) is 0. The molecule has 2 rings (SSSR count). The number of rotatable bonds is 8. The Labute approximate surface area is 157 Å². The Morgan fingerprint density at radius 2 is 1.89 bits per heavy atom. The van der Waals surface area contributed by atoms with Gasteiger partial charge in [0.25, 0.3) is 5.69 Å². The minimum Gasteiger partial charge on any atom is -0.454 e. The Morgan fingerprint density at radius 3 is 2.52 bits per heavy atom. The molecule has 27 heavy (non-hydrogen) atoms. The molecule has 2 aromatic carbocycles. The maximum atomic E-state index is 12.1. The number of nitro groups is 1. The Bertz CT molecular complexity index is 855. The standard InChI is InChI=1S/C21H21NO5/c1-3-15(2)17-8-10-18(11-9-17)20(23)14-27-21(24)12-7-16-5-4-6-19(13-16)22(25)26/h4-13,15H,3,14H2,1-2H3/b12-7+/t15-/m0/s1. The fourth-order valence-electron chi connectivity index (χ4n) is 2.41. The number of hydrogen-bond acceptors (Lipinski definition) is 5. The molecule has 140 valence electrons. The summed E-state index contributed by atoms with van der Waals surface area (Å²) in [5.74, 6) is -0.556. The zero-order chi connectivity index (χ0) is 19.8. The summed E-state index contributed by atoms with van der Waals surface area (Å²) in [5, 5.41) is 10.7. The molecule has 0 aromatic heterocycles. The minimum atomic E-state index is -0.689. The highest BCUT2D eigenvalue weighted by atomic mass is 16.6. The zero-order valence-electron chi connectivity index (χ0n) is 15.3. The average molecular weight is 367 g/mol. The second kappa shape index (κ2) is 9.43. The third-order valence-electron chi connectivity index (χ3n) is 4.25. The molecule has 0 saturated carbocycles. The fraction of sp³-hybridized carbons (Fsp3) is 0.238. The lowest BCUT2D eigenvalue weighted by atomic mass is 9.97. The SMILES string of the molecule is CC[C@H](C)c1ccc(C(=O)COC(=O)/C=C/c2cccc([N+](=O)[O-])c2)cc1. The van der Waals surface area contributed by atoms with Gasteiger partial charge < -0.3 is 4.74 Å². The van der Waals surface area contributed by atoms with E-state index in [4.69, 9.17) is 4.74 Å². The highest BCUT2D eigenvalue weighted by Gasteiger charge is 2.10. The van der Waals surface area contributed by atoms with Gasteiger partial charge in [-0.2, -0.15) is 0 Å². The summed E-state index contributed by atoms with van der Waals surface area (Å²) in [5.41, 5.74) is 2.07. The summed E-state index contributed by atoms with van der Waals surface area (Å²) < 4.78 is 4.95. The van der Waals surface area contributed by atoms with Crippen LogP contribution >= 0.6 is 0 Å². The number of benzene rings is 2. The highest BCUT2D eigenvalue weighted by Crippen LogP contribution is 2.19. The maximum Gasteiger partial charge on any atom is 0.331 e. The molecule has 0 aliphatic carbocycles. The summed E-state index contributed by atoms with van der Waals surface area (Å²) in [4.78, 5) is 34.1. The van der Waals surface area contributed by atoms with E-state index >= 15 is 0 Å². The van der Waals surface area contributed by atoms with E-state index in [0.717, 1.165) is 18.1 Å². The van der Waals surface area contributed by atoms with Crippen molar-refractivity contribution in [3.05, 3.63) is 81.4 Å². The number of Topliss-reactive ketones (excluding diaryl/α,β-unsaturated/α-hetero) is 1. The molecule has 0 unspecified atom stereocenters. The van der Waals surface area contributed by atoms with Crippen molar-refractivity contribution in [2.75, 3.05) is 6.61 Å². The molecule has 0 fully saturated rings. The van der Waals surface area contributed by atoms with Gasteiger partial charge in [-0.15, -0.1) is 0 Å². The van der Waals surface area contributed by atoms with Gasteiger partial charge in [0.2, 0.25) is 0 Å². The molecular formula is C21H21NO5. The third-order valence-corrected chi connectivity index (χ3v) is 4.25. The average Bonchev–Trinajstić information content (AvgIpc) is 2.70. The predicted molar refractivity (Wildman–Crippen MR) is 103 cm³/mol. The van der Waals surface area contributed by atoms with E-state index in [1.165, 1.54) is 24.3 Å². The second-order valence-electron chi connectivity index (χ2n) is 6.15. The molecule has 6 heteroatoms. The molecule has 0 aliphatic rings. The van der Waals surface area contributed by atoms with Crippen LogP contribution in [-0.2, 0) is 9.53 Å². The van der Waals surface area contributed by atoms with Gasteiger partial charge in [0.1, 0.15) is 0 Å². The van der Waals surface area contributed by atoms with E-state index in [-0.39, 0.29) is 18.1 Å². The van der Waals surface area contributed by atoms with E-state index in [2.05, 4.69) is 13.8 Å². The molecule has 0 heterocycles. The van der Waals surface area contributed by atoms with Crippen molar-refractivity contribution in [1.29, 1.82) is 0 Å². The van der Waals surface area contributed by atoms with E-state index in [1.807, 2.05) is 12.1 Å². The van der Waals surface area contributed by atoms with Gasteiger partial charge >= 0.3 is 5.97 Å². The summed E-state index contributed by atoms with van der Waals surface area (Å²) in [6.45, 7) is 3.86. The van der Waals surface area contributed by atoms with Crippen LogP contribution in [0.15, 0.2) is 54.6 Å². The fourth-order valence-corrected chi connectivity index (χ4v) is 2.41. The molecule has 0 aliphatic heterocycles. The first-order chi connectivity index (χ1) is 12.9. The molecule has 1 atom stereocenters. The topological polar surface area (TPSA) is 86.5 Å². The van der Waals surface area contributed by atoms with Gasteiger partial charge in [-0.05, 0) is 29.5 Å². The molecule has 6 nitrogen and oxygen atoms in total. The molecule has 0 spiro atoms. The largest absolute Gasteiger partial charge is 0.454 e. The number of ketones is 1. The van der Waals surface area contributed by atoms with Crippen LogP contribution < -0.4 is 0 Å². The first-order valence-electron chi connectivity index (χ1n) is 8.63. The van der Waals surface area contributed by atoms with Crippen LogP contribution in [0.4, 0.5) is 5.69 Å². The number of carbonyl (C=O) groups is 2. The van der Waals surface area contributed by atoms with Crippen molar-refractivity contribution < 1.29 is 19.2 Å². The third kappa shape index (κ3) is 5.88. The number of nitrogens with zero attached hydrogens (tertiary/aromatic N) is 1. The normalized spacial score (nSPS) is 11.9. The Hall–Kier alpha value is -3.28. The smallest absolute Gasteiger partial charge is 0.331 e. The van der Waals surface area contributed by atoms with Crippen molar-refractivity contribution in [3.63, 3.8) is 0 Å². The summed E-state index contributed by atoms with van der Waals surface area (Å²) >= 11 is 0.